The molecule has 2 amide bonds. The van der Waals surface area contributed by atoms with Crippen LogP contribution in [-0.2, 0) is 14.3 Å². The third kappa shape index (κ3) is 4.04. The highest BCUT2D eigenvalue weighted by Crippen LogP contribution is 2.44. The van der Waals surface area contributed by atoms with Gasteiger partial charge in [0.1, 0.15) is 6.61 Å². The number of alkyl carbamates (subject to hydrolysis) is 1. The number of hydrogen-bond acceptors (Lipinski definition) is 4. The lowest BCUT2D eigenvalue weighted by atomic mass is 9.74. The largest absolute Gasteiger partial charge is 0.481 e. The molecule has 0 radical (unpaired) electrons. The second-order valence-corrected chi connectivity index (χ2v) is 9.98. The predicted octanol–water partition coefficient (Wildman–Crippen LogP) is 4.02. The molecule has 2 aromatic rings. The predicted molar refractivity (Wildman–Crippen MR) is 126 cm³/mol. The van der Waals surface area contributed by atoms with Crippen molar-refractivity contribution < 1.29 is 24.2 Å². The van der Waals surface area contributed by atoms with Crippen LogP contribution in [0.2, 0.25) is 0 Å². The quantitative estimate of drug-likeness (QED) is 0.676. The maximum Gasteiger partial charge on any atom is 0.407 e. The molecule has 1 saturated carbocycles. The standard InChI is InChI=1S/C27H30N2O5/c1-17-14-29(15-22(17)25(31)32)24(30)13-27(11-6-12-27)28-26(33)34-16-23-20-9-4-2-7-18(20)19-8-3-5-10-21(19)23/h2-5,7-10,17,22-23H,6,11-16H2,1H3,(H,28,33)(H,31,32). The number of ether oxygens (including phenoxy) is 1. The fourth-order valence-corrected chi connectivity index (χ4v) is 5.69. The van der Waals surface area contributed by atoms with Gasteiger partial charge in [-0.25, -0.2) is 4.79 Å². The summed E-state index contributed by atoms with van der Waals surface area (Å²) in [7, 11) is 0. The van der Waals surface area contributed by atoms with Crippen LogP contribution in [-0.4, -0.2) is 53.2 Å². The number of aliphatic carboxylic acids is 1. The zero-order valence-corrected chi connectivity index (χ0v) is 19.3. The summed E-state index contributed by atoms with van der Waals surface area (Å²) in [4.78, 5) is 38.8. The topological polar surface area (TPSA) is 95.9 Å². The number of rotatable bonds is 6. The molecule has 2 aromatic carbocycles. The monoisotopic (exact) mass is 462 g/mol. The molecule has 0 spiro atoms. The number of hydrogen-bond donors (Lipinski definition) is 2. The van der Waals surface area contributed by atoms with E-state index < -0.39 is 23.5 Å². The number of carbonyl (C=O) groups is 3. The molecule has 2 aliphatic carbocycles. The molecule has 7 heteroatoms. The van der Waals surface area contributed by atoms with E-state index in [0.29, 0.717) is 19.4 Å². The number of nitrogens with zero attached hydrogens (tertiary/aromatic N) is 1. The summed E-state index contributed by atoms with van der Waals surface area (Å²) >= 11 is 0. The fourth-order valence-electron chi connectivity index (χ4n) is 5.69. The van der Waals surface area contributed by atoms with Crippen LogP contribution >= 0.6 is 0 Å². The second kappa shape index (κ2) is 8.78. The summed E-state index contributed by atoms with van der Waals surface area (Å²) in [5.41, 5.74) is 4.05. The molecule has 1 saturated heterocycles. The second-order valence-electron chi connectivity index (χ2n) is 9.98. The van der Waals surface area contributed by atoms with Gasteiger partial charge in [0.2, 0.25) is 5.91 Å². The van der Waals surface area contributed by atoms with E-state index in [2.05, 4.69) is 29.6 Å². The Bertz CT molecular complexity index is 1080. The lowest BCUT2D eigenvalue weighted by Crippen LogP contribution is -2.56. The van der Waals surface area contributed by atoms with Crippen molar-refractivity contribution in [3.8, 4) is 11.1 Å². The van der Waals surface area contributed by atoms with Gasteiger partial charge < -0.3 is 20.1 Å². The van der Waals surface area contributed by atoms with Gasteiger partial charge in [-0.3, -0.25) is 9.59 Å². The SMILES string of the molecule is CC1CN(C(=O)CC2(NC(=O)OCC3c4ccccc4-c4ccccc43)CCC2)CC1C(=O)O. The maximum absolute atomic E-state index is 12.9. The average Bonchev–Trinajstić information content (AvgIpc) is 3.34. The summed E-state index contributed by atoms with van der Waals surface area (Å²) in [5.74, 6) is -1.59. The maximum atomic E-state index is 12.9. The van der Waals surface area contributed by atoms with E-state index in [0.717, 1.165) is 17.5 Å². The molecule has 34 heavy (non-hydrogen) atoms. The molecular weight excluding hydrogens is 432 g/mol. The lowest BCUT2D eigenvalue weighted by molar-refractivity contribution is -0.142. The van der Waals surface area contributed by atoms with E-state index in [1.165, 1.54) is 11.1 Å². The van der Waals surface area contributed by atoms with Gasteiger partial charge in [-0.05, 0) is 47.4 Å². The molecule has 0 aromatic heterocycles. The van der Waals surface area contributed by atoms with Gasteiger partial charge in [0, 0.05) is 19.0 Å². The molecule has 2 N–H and O–H groups in total. The molecule has 2 atom stereocenters. The molecule has 1 heterocycles. The van der Waals surface area contributed by atoms with Crippen LogP contribution in [0.25, 0.3) is 11.1 Å². The van der Waals surface area contributed by atoms with Crippen LogP contribution in [0.4, 0.5) is 4.79 Å². The molecule has 5 rings (SSSR count). The number of carbonyl (C=O) groups excluding carboxylic acids is 2. The van der Waals surface area contributed by atoms with Crippen molar-refractivity contribution >= 4 is 18.0 Å². The van der Waals surface area contributed by atoms with E-state index in [9.17, 15) is 19.5 Å². The van der Waals surface area contributed by atoms with E-state index in [1.807, 2.05) is 31.2 Å². The number of likely N-dealkylation sites (tertiary alicyclic amines) is 1. The van der Waals surface area contributed by atoms with Gasteiger partial charge in [-0.1, -0.05) is 55.5 Å². The van der Waals surface area contributed by atoms with Crippen molar-refractivity contribution in [2.75, 3.05) is 19.7 Å². The Labute approximate surface area is 199 Å². The molecular formula is C27H30N2O5. The average molecular weight is 463 g/mol. The van der Waals surface area contributed by atoms with Crippen LogP contribution in [0.15, 0.2) is 48.5 Å². The third-order valence-electron chi connectivity index (χ3n) is 7.79. The number of amides is 2. The number of fused-ring (bicyclic) bond motifs is 3. The normalized spacial score (nSPS) is 22.4. The first-order valence-corrected chi connectivity index (χ1v) is 12.0. The van der Waals surface area contributed by atoms with E-state index in [-0.39, 0.29) is 37.3 Å². The summed E-state index contributed by atoms with van der Waals surface area (Å²) in [5, 5.41) is 12.3. The van der Waals surface area contributed by atoms with Crippen molar-refractivity contribution in [1.29, 1.82) is 0 Å². The van der Waals surface area contributed by atoms with E-state index in [1.54, 1.807) is 4.90 Å². The molecule has 0 bridgehead atoms. The molecule has 2 unspecified atom stereocenters. The van der Waals surface area contributed by atoms with Crippen LogP contribution in [0.5, 0.6) is 0 Å². The summed E-state index contributed by atoms with van der Waals surface area (Å²) in [6.45, 7) is 2.76. The van der Waals surface area contributed by atoms with Gasteiger partial charge >= 0.3 is 12.1 Å². The van der Waals surface area contributed by atoms with Crippen molar-refractivity contribution in [1.82, 2.24) is 10.2 Å². The van der Waals surface area contributed by atoms with Crippen molar-refractivity contribution in [2.24, 2.45) is 11.8 Å². The highest BCUT2D eigenvalue weighted by molar-refractivity contribution is 5.81. The highest BCUT2D eigenvalue weighted by Gasteiger charge is 2.44. The summed E-state index contributed by atoms with van der Waals surface area (Å²) in [6, 6.07) is 16.4. The fraction of sp³-hybridized carbons (Fsp3) is 0.444. The molecule has 1 aliphatic heterocycles. The van der Waals surface area contributed by atoms with Crippen molar-refractivity contribution in [2.45, 2.75) is 44.1 Å². The Hall–Kier alpha value is -3.35. The first kappa shape index (κ1) is 22.4. The van der Waals surface area contributed by atoms with Gasteiger partial charge in [0.25, 0.3) is 0 Å². The third-order valence-corrected chi connectivity index (χ3v) is 7.79. The smallest absolute Gasteiger partial charge is 0.407 e. The molecule has 7 nitrogen and oxygen atoms in total. The van der Waals surface area contributed by atoms with Crippen LogP contribution in [0, 0.1) is 11.8 Å². The van der Waals surface area contributed by atoms with E-state index >= 15 is 0 Å². The number of carboxylic acids is 1. The number of nitrogens with one attached hydrogen (secondary N) is 1. The van der Waals surface area contributed by atoms with Gasteiger partial charge in [0.15, 0.2) is 0 Å². The van der Waals surface area contributed by atoms with Crippen LogP contribution < -0.4 is 5.32 Å². The molecule has 3 aliphatic rings. The van der Waals surface area contributed by atoms with Crippen molar-refractivity contribution in [3.05, 3.63) is 59.7 Å². The van der Waals surface area contributed by atoms with Crippen LogP contribution in [0.3, 0.4) is 0 Å². The lowest BCUT2D eigenvalue weighted by Gasteiger charge is -2.42. The summed E-state index contributed by atoms with van der Waals surface area (Å²) in [6.07, 6.45) is 2.04. The number of benzene rings is 2. The first-order valence-electron chi connectivity index (χ1n) is 12.0. The Morgan fingerprint density at radius 1 is 1.03 bits per heavy atom. The summed E-state index contributed by atoms with van der Waals surface area (Å²) < 4.78 is 5.69. The minimum atomic E-state index is -0.863. The molecule has 178 valence electrons. The minimum Gasteiger partial charge on any atom is -0.481 e. The van der Waals surface area contributed by atoms with Gasteiger partial charge in [-0.2, -0.15) is 0 Å². The Balaban J connectivity index is 1.21. The molecule has 2 fully saturated rings. The Morgan fingerprint density at radius 3 is 2.18 bits per heavy atom. The number of carboxylic acid groups (broad SMARTS) is 1. The van der Waals surface area contributed by atoms with Crippen molar-refractivity contribution in [3.63, 3.8) is 0 Å². The van der Waals surface area contributed by atoms with Gasteiger partial charge in [-0.15, -0.1) is 0 Å². The minimum absolute atomic E-state index is 0.0174. The highest BCUT2D eigenvalue weighted by atomic mass is 16.5. The van der Waals surface area contributed by atoms with E-state index in [4.69, 9.17) is 4.74 Å². The first-order chi connectivity index (χ1) is 16.4. The Morgan fingerprint density at radius 2 is 1.65 bits per heavy atom. The Kier molecular flexibility index (Phi) is 5.80. The van der Waals surface area contributed by atoms with Crippen LogP contribution in [0.1, 0.15) is 49.7 Å². The zero-order chi connectivity index (χ0) is 23.9. The zero-order valence-electron chi connectivity index (χ0n) is 19.3. The van der Waals surface area contributed by atoms with Gasteiger partial charge in [0.05, 0.1) is 17.9 Å².